The molecule has 6 heteroatoms. The van der Waals surface area contributed by atoms with Crippen LogP contribution in [0.3, 0.4) is 0 Å². The van der Waals surface area contributed by atoms with Crippen molar-refractivity contribution in [2.45, 2.75) is 18.8 Å². The van der Waals surface area contributed by atoms with Gasteiger partial charge in [0.25, 0.3) is 0 Å². The molecular formula is C17H18FN3O2. The maximum Gasteiger partial charge on any atom is 0.248 e. The van der Waals surface area contributed by atoms with E-state index in [1.165, 1.54) is 6.07 Å². The van der Waals surface area contributed by atoms with E-state index in [4.69, 9.17) is 5.11 Å². The fraction of sp³-hybridized carbons (Fsp3) is 0.353. The van der Waals surface area contributed by atoms with Crippen LogP contribution in [0.4, 0.5) is 4.39 Å². The van der Waals surface area contributed by atoms with E-state index in [-0.39, 0.29) is 17.6 Å². The Kier molecular flexibility index (Phi) is 4.62. The molecule has 0 unspecified atom stereocenters. The topological polar surface area (TPSA) is 66.3 Å². The van der Waals surface area contributed by atoms with E-state index < -0.39 is 6.61 Å². The molecule has 1 aliphatic heterocycles. The number of carbonyl (C=O) groups is 1. The highest BCUT2D eigenvalue weighted by Crippen LogP contribution is 2.32. The highest BCUT2D eigenvalue weighted by atomic mass is 19.1. The van der Waals surface area contributed by atoms with Crippen molar-refractivity contribution in [3.8, 4) is 11.3 Å². The van der Waals surface area contributed by atoms with E-state index in [0.717, 1.165) is 12.8 Å². The molecule has 1 fully saturated rings. The smallest absolute Gasteiger partial charge is 0.248 e. The second kappa shape index (κ2) is 6.83. The number of aliphatic hydroxyl groups is 1. The number of hydrogen-bond acceptors (Lipinski definition) is 4. The second-order valence-electron chi connectivity index (χ2n) is 5.61. The molecule has 0 bridgehead atoms. The van der Waals surface area contributed by atoms with Gasteiger partial charge in [-0.05, 0) is 25.0 Å². The van der Waals surface area contributed by atoms with Crippen molar-refractivity contribution in [3.63, 3.8) is 0 Å². The first kappa shape index (κ1) is 15.6. The van der Waals surface area contributed by atoms with Gasteiger partial charge in [0, 0.05) is 37.0 Å². The van der Waals surface area contributed by atoms with Crippen molar-refractivity contribution in [1.82, 2.24) is 14.9 Å². The van der Waals surface area contributed by atoms with Crippen LogP contribution in [-0.2, 0) is 4.79 Å². The third-order valence-corrected chi connectivity index (χ3v) is 4.15. The minimum absolute atomic E-state index is 0.0115. The number of nitrogens with zero attached hydrogens (tertiary/aromatic N) is 3. The maximum atomic E-state index is 14.1. The first-order valence-electron chi connectivity index (χ1n) is 7.65. The van der Waals surface area contributed by atoms with Crippen LogP contribution in [0.2, 0.25) is 0 Å². The van der Waals surface area contributed by atoms with Crippen molar-refractivity contribution < 1.29 is 14.3 Å². The summed E-state index contributed by atoms with van der Waals surface area (Å²) in [5, 5.41) is 9.04. The molecule has 5 nitrogen and oxygen atoms in total. The summed E-state index contributed by atoms with van der Waals surface area (Å²) in [5.41, 5.74) is 1.64. The molecule has 0 radical (unpaired) electrons. The molecule has 2 aromatic rings. The number of benzene rings is 1. The van der Waals surface area contributed by atoms with Crippen LogP contribution in [-0.4, -0.2) is 45.6 Å². The molecular weight excluding hydrogens is 297 g/mol. The van der Waals surface area contributed by atoms with Gasteiger partial charge in [0.2, 0.25) is 5.91 Å². The van der Waals surface area contributed by atoms with Gasteiger partial charge in [-0.1, -0.05) is 12.1 Å². The van der Waals surface area contributed by atoms with Gasteiger partial charge in [0.1, 0.15) is 12.4 Å². The van der Waals surface area contributed by atoms with Crippen molar-refractivity contribution in [3.05, 3.63) is 48.2 Å². The van der Waals surface area contributed by atoms with Gasteiger partial charge in [0.15, 0.2) is 0 Å². The quantitative estimate of drug-likeness (QED) is 0.940. The molecule has 1 amide bonds. The monoisotopic (exact) mass is 315 g/mol. The van der Waals surface area contributed by atoms with E-state index in [9.17, 15) is 9.18 Å². The number of rotatable bonds is 3. The number of amides is 1. The average molecular weight is 315 g/mol. The Hall–Kier alpha value is -2.34. The highest BCUT2D eigenvalue weighted by molar-refractivity contribution is 5.77. The summed E-state index contributed by atoms with van der Waals surface area (Å²) in [6, 6.07) is 6.48. The summed E-state index contributed by atoms with van der Waals surface area (Å²) in [7, 11) is 0. The highest BCUT2D eigenvalue weighted by Gasteiger charge is 2.28. The molecule has 1 N–H and O–H groups in total. The third-order valence-electron chi connectivity index (χ3n) is 4.15. The summed E-state index contributed by atoms with van der Waals surface area (Å²) >= 11 is 0. The molecule has 23 heavy (non-hydrogen) atoms. The van der Waals surface area contributed by atoms with Crippen LogP contribution in [0, 0.1) is 5.82 Å². The van der Waals surface area contributed by atoms with Gasteiger partial charge in [-0.3, -0.25) is 14.8 Å². The summed E-state index contributed by atoms with van der Waals surface area (Å²) in [4.78, 5) is 22.1. The van der Waals surface area contributed by atoms with E-state index in [2.05, 4.69) is 9.97 Å². The average Bonchev–Trinajstić information content (AvgIpc) is 2.61. The summed E-state index contributed by atoms with van der Waals surface area (Å²) in [5.74, 6) is -0.637. The van der Waals surface area contributed by atoms with Gasteiger partial charge >= 0.3 is 0 Å². The number of aliphatic hydroxyl groups excluding tert-OH is 1. The lowest BCUT2D eigenvalue weighted by molar-refractivity contribution is -0.135. The molecule has 0 spiro atoms. The molecule has 120 valence electrons. The molecule has 0 aliphatic carbocycles. The van der Waals surface area contributed by atoms with Crippen LogP contribution in [0.25, 0.3) is 11.3 Å². The zero-order valence-corrected chi connectivity index (χ0v) is 12.7. The zero-order chi connectivity index (χ0) is 16.2. The molecule has 1 aromatic heterocycles. The SMILES string of the molecule is O=C(CO)N1CCC[C@H](c2nccnc2-c2ccccc2F)C1. The second-order valence-corrected chi connectivity index (χ2v) is 5.61. The minimum Gasteiger partial charge on any atom is -0.387 e. The van der Waals surface area contributed by atoms with E-state index in [1.54, 1.807) is 35.5 Å². The maximum absolute atomic E-state index is 14.1. The van der Waals surface area contributed by atoms with Crippen LogP contribution < -0.4 is 0 Å². The predicted molar refractivity (Wildman–Crippen MR) is 83.1 cm³/mol. The van der Waals surface area contributed by atoms with Gasteiger partial charge in [-0.2, -0.15) is 0 Å². The van der Waals surface area contributed by atoms with Crippen LogP contribution in [0.15, 0.2) is 36.7 Å². The number of carbonyl (C=O) groups excluding carboxylic acids is 1. The van der Waals surface area contributed by atoms with Crippen molar-refractivity contribution in [1.29, 1.82) is 0 Å². The van der Waals surface area contributed by atoms with E-state index >= 15 is 0 Å². The number of piperidine rings is 1. The molecule has 3 rings (SSSR count). The van der Waals surface area contributed by atoms with Crippen LogP contribution in [0.1, 0.15) is 24.5 Å². The van der Waals surface area contributed by atoms with Gasteiger partial charge in [-0.15, -0.1) is 0 Å². The Balaban J connectivity index is 1.95. The molecule has 1 aliphatic rings. The summed E-state index contributed by atoms with van der Waals surface area (Å²) in [6.45, 7) is 0.609. The summed E-state index contributed by atoms with van der Waals surface area (Å²) in [6.07, 6.45) is 4.82. The Bertz CT molecular complexity index is 708. The third kappa shape index (κ3) is 3.22. The molecule has 1 saturated heterocycles. The predicted octanol–water partition coefficient (Wildman–Crippen LogP) is 1.98. The van der Waals surface area contributed by atoms with Crippen molar-refractivity contribution in [2.75, 3.05) is 19.7 Å². The standard InChI is InChI=1S/C17H18FN3O2/c18-14-6-2-1-5-13(14)17-16(19-7-8-20-17)12-4-3-9-21(10-12)15(23)11-22/h1-2,5-8,12,22H,3-4,9-11H2/t12-/m0/s1. The molecule has 1 atom stereocenters. The Morgan fingerprint density at radius 1 is 1.30 bits per heavy atom. The summed E-state index contributed by atoms with van der Waals surface area (Å²) < 4.78 is 14.1. The van der Waals surface area contributed by atoms with Crippen LogP contribution >= 0.6 is 0 Å². The fourth-order valence-electron chi connectivity index (χ4n) is 3.04. The lowest BCUT2D eigenvalue weighted by Gasteiger charge is -2.32. The normalized spacial score (nSPS) is 18.0. The molecule has 2 heterocycles. The van der Waals surface area contributed by atoms with Gasteiger partial charge in [0.05, 0.1) is 11.4 Å². The number of halogens is 1. The Morgan fingerprint density at radius 2 is 2.09 bits per heavy atom. The number of hydrogen-bond donors (Lipinski definition) is 1. The zero-order valence-electron chi connectivity index (χ0n) is 12.7. The largest absolute Gasteiger partial charge is 0.387 e. The minimum atomic E-state index is -0.493. The first-order valence-corrected chi connectivity index (χ1v) is 7.65. The van der Waals surface area contributed by atoms with E-state index in [0.29, 0.717) is 30.0 Å². The first-order chi connectivity index (χ1) is 11.2. The van der Waals surface area contributed by atoms with Crippen molar-refractivity contribution in [2.24, 2.45) is 0 Å². The number of aromatic nitrogens is 2. The Labute approximate surface area is 133 Å². The number of likely N-dealkylation sites (tertiary alicyclic amines) is 1. The van der Waals surface area contributed by atoms with Gasteiger partial charge < -0.3 is 10.0 Å². The van der Waals surface area contributed by atoms with Gasteiger partial charge in [-0.25, -0.2) is 4.39 Å². The Morgan fingerprint density at radius 3 is 2.87 bits per heavy atom. The molecule has 0 saturated carbocycles. The lowest BCUT2D eigenvalue weighted by Crippen LogP contribution is -2.40. The van der Waals surface area contributed by atoms with Crippen molar-refractivity contribution >= 4 is 5.91 Å². The lowest BCUT2D eigenvalue weighted by atomic mass is 9.91. The van der Waals surface area contributed by atoms with Crippen LogP contribution in [0.5, 0.6) is 0 Å². The molecule has 1 aromatic carbocycles. The fourth-order valence-corrected chi connectivity index (χ4v) is 3.04. The van der Waals surface area contributed by atoms with E-state index in [1.807, 2.05) is 0 Å².